The third kappa shape index (κ3) is 6.54. The second-order valence-electron chi connectivity index (χ2n) is 9.44. The van der Waals surface area contributed by atoms with Crippen LogP contribution in [0.15, 0.2) is 60.7 Å². The third-order valence-electron chi connectivity index (χ3n) is 5.76. The van der Waals surface area contributed by atoms with Crippen LogP contribution in [0.2, 0.25) is 5.02 Å². The van der Waals surface area contributed by atoms with Crippen molar-refractivity contribution in [1.29, 1.82) is 0 Å². The minimum Gasteiger partial charge on any atom is -0.397 e. The molecule has 0 heterocycles. The van der Waals surface area contributed by atoms with Crippen LogP contribution in [-0.2, 0) is 24.6 Å². The monoisotopic (exact) mass is 506 g/mol. The maximum atomic E-state index is 14.6. The Bertz CT molecular complexity index is 1200. The molecule has 1 amide bonds. The molecule has 0 aliphatic heterocycles. The molecule has 0 fully saturated rings. The van der Waals surface area contributed by atoms with E-state index in [0.29, 0.717) is 5.56 Å². The molecule has 0 aromatic heterocycles. The van der Waals surface area contributed by atoms with Crippen LogP contribution in [-0.4, -0.2) is 17.4 Å². The van der Waals surface area contributed by atoms with E-state index in [-0.39, 0.29) is 41.2 Å². The summed E-state index contributed by atoms with van der Waals surface area (Å²) in [4.78, 5) is 14.8. The Morgan fingerprint density at radius 3 is 2.20 bits per heavy atom. The average molecular weight is 507 g/mol. The molecule has 0 atom stereocenters. The van der Waals surface area contributed by atoms with Crippen LogP contribution in [0.25, 0.3) is 0 Å². The predicted octanol–water partition coefficient (Wildman–Crippen LogP) is 7.26. The van der Waals surface area contributed by atoms with Crippen molar-refractivity contribution in [3.8, 4) is 0 Å². The number of rotatable bonds is 6. The minimum absolute atomic E-state index is 0.0436. The lowest BCUT2D eigenvalue weighted by Crippen LogP contribution is -2.33. The highest BCUT2D eigenvalue weighted by molar-refractivity contribution is 6.34. The van der Waals surface area contributed by atoms with Crippen LogP contribution in [0.5, 0.6) is 0 Å². The van der Waals surface area contributed by atoms with Gasteiger partial charge in [-0.3, -0.25) is 4.79 Å². The zero-order chi connectivity index (χ0) is 26.0. The number of alkyl halides is 3. The van der Waals surface area contributed by atoms with Gasteiger partial charge in [0.25, 0.3) is 5.91 Å². The van der Waals surface area contributed by atoms with Crippen LogP contribution in [0.1, 0.15) is 53.4 Å². The number of anilines is 1. The fraction of sp³-hybridized carbons (Fsp3) is 0.296. The molecule has 8 heteroatoms. The smallest absolute Gasteiger partial charge is 0.397 e. The minimum atomic E-state index is -4.47. The molecule has 0 bridgehead atoms. The molecule has 3 aromatic rings. The molecule has 0 unspecified atom stereocenters. The van der Waals surface area contributed by atoms with Crippen LogP contribution >= 0.6 is 11.6 Å². The van der Waals surface area contributed by atoms with Crippen LogP contribution < -0.4 is 5.73 Å². The topological polar surface area (TPSA) is 46.3 Å². The van der Waals surface area contributed by atoms with Crippen LogP contribution in [0, 0.1) is 5.82 Å². The molecule has 0 spiro atoms. The van der Waals surface area contributed by atoms with E-state index in [1.165, 1.54) is 17.0 Å². The van der Waals surface area contributed by atoms with Gasteiger partial charge in [0, 0.05) is 13.1 Å². The van der Waals surface area contributed by atoms with Crippen molar-refractivity contribution in [3.63, 3.8) is 0 Å². The summed E-state index contributed by atoms with van der Waals surface area (Å²) in [6.07, 6.45) is -4.34. The molecule has 35 heavy (non-hydrogen) atoms. The maximum absolute atomic E-state index is 14.6. The molecule has 3 rings (SSSR count). The van der Waals surface area contributed by atoms with Crippen molar-refractivity contribution in [3.05, 3.63) is 99.3 Å². The van der Waals surface area contributed by atoms with E-state index < -0.39 is 23.5 Å². The van der Waals surface area contributed by atoms with Crippen LogP contribution in [0.3, 0.4) is 0 Å². The van der Waals surface area contributed by atoms with Gasteiger partial charge < -0.3 is 10.6 Å². The molecule has 186 valence electrons. The number of carbonyl (C=O) groups excluding carboxylic acids is 1. The van der Waals surface area contributed by atoms with Gasteiger partial charge in [0.05, 0.1) is 21.8 Å². The Morgan fingerprint density at radius 1 is 0.943 bits per heavy atom. The summed E-state index contributed by atoms with van der Waals surface area (Å²) >= 11 is 6.02. The molecule has 0 aliphatic rings. The van der Waals surface area contributed by atoms with E-state index in [4.69, 9.17) is 17.3 Å². The first-order chi connectivity index (χ1) is 16.3. The van der Waals surface area contributed by atoms with E-state index in [1.807, 2.05) is 24.3 Å². The summed E-state index contributed by atoms with van der Waals surface area (Å²) in [5, 5.41) is 0.0436. The van der Waals surface area contributed by atoms with E-state index in [9.17, 15) is 22.4 Å². The third-order valence-corrected chi connectivity index (χ3v) is 6.09. The first-order valence-corrected chi connectivity index (χ1v) is 11.4. The fourth-order valence-electron chi connectivity index (χ4n) is 3.69. The SMILES string of the molecule is CC(C)(C)c1ccc(CN(CCc2cccc(C(F)(F)F)c2)C(=O)c2c(F)ccc(Cl)c2N)cc1. The molecule has 0 saturated carbocycles. The lowest BCUT2D eigenvalue weighted by Gasteiger charge is -2.25. The van der Waals surface area contributed by atoms with Crippen molar-refractivity contribution in [1.82, 2.24) is 4.90 Å². The van der Waals surface area contributed by atoms with Gasteiger partial charge in [-0.25, -0.2) is 4.39 Å². The summed E-state index contributed by atoms with van der Waals surface area (Å²) in [6, 6.07) is 14.9. The molecule has 3 aromatic carbocycles. The van der Waals surface area contributed by atoms with E-state index in [1.54, 1.807) is 6.07 Å². The number of nitrogens with zero attached hydrogens (tertiary/aromatic N) is 1. The number of benzene rings is 3. The molecule has 3 nitrogen and oxygen atoms in total. The fourth-order valence-corrected chi connectivity index (χ4v) is 3.85. The van der Waals surface area contributed by atoms with Crippen molar-refractivity contribution in [2.75, 3.05) is 12.3 Å². The maximum Gasteiger partial charge on any atom is 0.416 e. The lowest BCUT2D eigenvalue weighted by atomic mass is 9.87. The first-order valence-electron chi connectivity index (χ1n) is 11.1. The van der Waals surface area contributed by atoms with Gasteiger partial charge in [-0.05, 0) is 46.7 Å². The normalized spacial score (nSPS) is 12.0. The molecule has 2 N–H and O–H groups in total. The Labute approximate surface area is 207 Å². The Balaban J connectivity index is 1.91. The molecular formula is C27H27ClF4N2O. The number of halogens is 5. The number of nitrogen functional groups attached to an aromatic ring is 1. The van der Waals surface area contributed by atoms with Gasteiger partial charge in [-0.2, -0.15) is 13.2 Å². The second-order valence-corrected chi connectivity index (χ2v) is 9.85. The number of nitrogens with two attached hydrogens (primary N) is 1. The summed E-state index contributed by atoms with van der Waals surface area (Å²) in [6.45, 7) is 6.41. The number of hydrogen-bond acceptors (Lipinski definition) is 2. The Morgan fingerprint density at radius 2 is 1.60 bits per heavy atom. The second kappa shape index (κ2) is 10.3. The van der Waals surface area contributed by atoms with E-state index in [0.717, 1.165) is 29.3 Å². The quantitative estimate of drug-likeness (QED) is 0.282. The number of amides is 1. The Hall–Kier alpha value is -3.06. The zero-order valence-corrected chi connectivity index (χ0v) is 20.5. The van der Waals surface area contributed by atoms with Gasteiger partial charge in [0.15, 0.2) is 0 Å². The van der Waals surface area contributed by atoms with E-state index >= 15 is 0 Å². The van der Waals surface area contributed by atoms with Gasteiger partial charge in [-0.1, -0.05) is 74.8 Å². The van der Waals surface area contributed by atoms with Gasteiger partial charge >= 0.3 is 6.18 Å². The highest BCUT2D eigenvalue weighted by Crippen LogP contribution is 2.30. The number of carbonyl (C=O) groups is 1. The summed E-state index contributed by atoms with van der Waals surface area (Å²) in [5.41, 5.74) is 6.85. The molecule has 0 saturated heterocycles. The highest BCUT2D eigenvalue weighted by atomic mass is 35.5. The Kier molecular flexibility index (Phi) is 7.80. The summed E-state index contributed by atoms with van der Waals surface area (Å²) in [5.74, 6) is -1.50. The lowest BCUT2D eigenvalue weighted by molar-refractivity contribution is -0.137. The summed E-state index contributed by atoms with van der Waals surface area (Å²) < 4.78 is 53.9. The van der Waals surface area contributed by atoms with Gasteiger partial charge in [0.2, 0.25) is 0 Å². The van der Waals surface area contributed by atoms with Crippen LogP contribution in [0.4, 0.5) is 23.2 Å². The highest BCUT2D eigenvalue weighted by Gasteiger charge is 2.30. The first kappa shape index (κ1) is 26.5. The zero-order valence-electron chi connectivity index (χ0n) is 19.7. The van der Waals surface area contributed by atoms with Crippen molar-refractivity contribution in [2.45, 2.75) is 45.3 Å². The largest absolute Gasteiger partial charge is 0.416 e. The van der Waals surface area contributed by atoms with Crippen molar-refractivity contribution in [2.24, 2.45) is 0 Å². The van der Waals surface area contributed by atoms with Crippen molar-refractivity contribution < 1.29 is 22.4 Å². The van der Waals surface area contributed by atoms with E-state index in [2.05, 4.69) is 20.8 Å². The van der Waals surface area contributed by atoms with Crippen molar-refractivity contribution >= 4 is 23.2 Å². The van der Waals surface area contributed by atoms with Gasteiger partial charge in [0.1, 0.15) is 5.82 Å². The molecular weight excluding hydrogens is 480 g/mol. The standard InChI is InChI=1S/C27H27ClF4N2O/c1-26(2,3)19-9-7-18(8-10-19)16-34(25(35)23-22(29)12-11-21(28)24(23)33)14-13-17-5-4-6-20(15-17)27(30,31)32/h4-12,15H,13-14,16,33H2,1-3H3. The summed E-state index contributed by atoms with van der Waals surface area (Å²) in [7, 11) is 0. The molecule has 0 radical (unpaired) electrons. The number of hydrogen-bond donors (Lipinski definition) is 1. The average Bonchev–Trinajstić information content (AvgIpc) is 2.78. The predicted molar refractivity (Wildman–Crippen MR) is 131 cm³/mol. The molecule has 0 aliphatic carbocycles. The van der Waals surface area contributed by atoms with Gasteiger partial charge in [-0.15, -0.1) is 0 Å².